The van der Waals surface area contributed by atoms with E-state index in [0.29, 0.717) is 19.6 Å². The first-order chi connectivity index (χ1) is 12.0. The Morgan fingerprint density at radius 3 is 2.20 bits per heavy atom. The van der Waals surface area contributed by atoms with Crippen LogP contribution in [0.15, 0.2) is 4.99 Å². The van der Waals surface area contributed by atoms with Crippen molar-refractivity contribution < 1.29 is 8.42 Å². The highest BCUT2D eigenvalue weighted by atomic mass is 32.2. The van der Waals surface area contributed by atoms with Crippen LogP contribution in [0, 0.1) is 0 Å². The minimum absolute atomic E-state index is 0.516. The fourth-order valence-corrected chi connectivity index (χ4v) is 4.04. The Balaban J connectivity index is 2.13. The van der Waals surface area contributed by atoms with Gasteiger partial charge in [-0.3, -0.25) is 4.99 Å². The van der Waals surface area contributed by atoms with E-state index >= 15 is 0 Å². The van der Waals surface area contributed by atoms with Crippen LogP contribution in [0.1, 0.15) is 45.4 Å². The Hall–Kier alpha value is -0.860. The van der Waals surface area contributed by atoms with Gasteiger partial charge < -0.3 is 15.5 Å². The predicted molar refractivity (Wildman–Crippen MR) is 106 cm³/mol. The third-order valence-corrected chi connectivity index (χ3v) is 5.94. The van der Waals surface area contributed by atoms with E-state index in [4.69, 9.17) is 0 Å². The molecule has 7 nitrogen and oxygen atoms in total. The summed E-state index contributed by atoms with van der Waals surface area (Å²) in [5.41, 5.74) is 0. The second kappa shape index (κ2) is 12.5. The summed E-state index contributed by atoms with van der Waals surface area (Å²) in [6.45, 7) is 8.14. The van der Waals surface area contributed by atoms with Crippen molar-refractivity contribution in [1.29, 1.82) is 0 Å². The number of aliphatic imine (C=N–C) groups is 1. The lowest BCUT2D eigenvalue weighted by Gasteiger charge is -2.20. The van der Waals surface area contributed by atoms with E-state index < -0.39 is 10.0 Å². The summed E-state index contributed by atoms with van der Waals surface area (Å²) in [6.07, 6.45) is 8.54. The van der Waals surface area contributed by atoms with Gasteiger partial charge in [-0.15, -0.1) is 0 Å². The number of sulfonamides is 1. The van der Waals surface area contributed by atoms with Crippen LogP contribution < -0.4 is 10.6 Å². The van der Waals surface area contributed by atoms with Gasteiger partial charge >= 0.3 is 0 Å². The molecule has 0 radical (unpaired) electrons. The smallest absolute Gasteiger partial charge is 0.211 e. The number of rotatable bonds is 10. The molecule has 25 heavy (non-hydrogen) atoms. The van der Waals surface area contributed by atoms with Gasteiger partial charge in [0.05, 0.1) is 6.26 Å². The zero-order chi connectivity index (χ0) is 18.5. The molecule has 1 saturated heterocycles. The Morgan fingerprint density at radius 1 is 1.08 bits per heavy atom. The summed E-state index contributed by atoms with van der Waals surface area (Å²) in [7, 11) is -1.33. The Labute approximate surface area is 154 Å². The van der Waals surface area contributed by atoms with Crippen LogP contribution in [0.25, 0.3) is 0 Å². The molecular formula is C17H37N5O2S. The van der Waals surface area contributed by atoms with Crippen molar-refractivity contribution >= 4 is 16.0 Å². The van der Waals surface area contributed by atoms with E-state index in [1.165, 1.54) is 49.3 Å². The van der Waals surface area contributed by atoms with Gasteiger partial charge in [0.25, 0.3) is 0 Å². The molecule has 1 aliphatic heterocycles. The van der Waals surface area contributed by atoms with E-state index in [1.54, 1.807) is 7.05 Å². The van der Waals surface area contributed by atoms with Gasteiger partial charge in [-0.1, -0.05) is 19.8 Å². The quantitative estimate of drug-likeness (QED) is 0.340. The van der Waals surface area contributed by atoms with Crippen LogP contribution in [-0.2, 0) is 10.0 Å². The first-order valence-electron chi connectivity index (χ1n) is 9.59. The third kappa shape index (κ3) is 10.0. The molecule has 0 amide bonds. The molecular weight excluding hydrogens is 338 g/mol. The van der Waals surface area contributed by atoms with Gasteiger partial charge in [-0.25, -0.2) is 12.7 Å². The predicted octanol–water partition coefficient (Wildman–Crippen LogP) is 1.09. The molecule has 1 fully saturated rings. The van der Waals surface area contributed by atoms with Crippen molar-refractivity contribution in [2.24, 2.45) is 4.99 Å². The van der Waals surface area contributed by atoms with Crippen molar-refractivity contribution in [2.45, 2.75) is 45.4 Å². The van der Waals surface area contributed by atoms with Crippen molar-refractivity contribution in [3.63, 3.8) is 0 Å². The highest BCUT2D eigenvalue weighted by Crippen LogP contribution is 2.09. The van der Waals surface area contributed by atoms with Crippen molar-refractivity contribution in [3.05, 3.63) is 0 Å². The lowest BCUT2D eigenvalue weighted by atomic mass is 10.2. The van der Waals surface area contributed by atoms with Gasteiger partial charge in [-0.2, -0.15) is 0 Å². The zero-order valence-electron chi connectivity index (χ0n) is 16.3. The highest BCUT2D eigenvalue weighted by molar-refractivity contribution is 7.88. The Bertz CT molecular complexity index is 473. The van der Waals surface area contributed by atoms with Gasteiger partial charge in [-0.05, 0) is 45.3 Å². The standard InChI is InChI=1S/C17H37N5O2S/c1-4-22(25(3,23)24)16-10-12-20-17(18-2)19-11-9-15-21-13-7-5-6-8-14-21/h4-16H2,1-3H3,(H2,18,19,20). The van der Waals surface area contributed by atoms with Crippen LogP contribution >= 0.6 is 0 Å². The van der Waals surface area contributed by atoms with Gasteiger partial charge in [0.15, 0.2) is 5.96 Å². The number of hydrogen-bond donors (Lipinski definition) is 2. The summed E-state index contributed by atoms with van der Waals surface area (Å²) in [5.74, 6) is 0.790. The zero-order valence-corrected chi connectivity index (χ0v) is 17.1. The molecule has 0 aromatic rings. The fraction of sp³-hybridized carbons (Fsp3) is 0.941. The number of hydrogen-bond acceptors (Lipinski definition) is 4. The molecule has 0 unspecified atom stereocenters. The lowest BCUT2D eigenvalue weighted by Crippen LogP contribution is -2.40. The first-order valence-corrected chi connectivity index (χ1v) is 11.4. The molecule has 1 heterocycles. The van der Waals surface area contributed by atoms with E-state index in [1.807, 2.05) is 6.92 Å². The Morgan fingerprint density at radius 2 is 1.68 bits per heavy atom. The SMILES string of the molecule is CCN(CCCNC(=NC)NCCCN1CCCCCC1)S(C)(=O)=O. The number of likely N-dealkylation sites (tertiary alicyclic amines) is 1. The van der Waals surface area contributed by atoms with Gasteiger partial charge in [0.1, 0.15) is 0 Å². The summed E-state index contributed by atoms with van der Waals surface area (Å²) >= 11 is 0. The summed E-state index contributed by atoms with van der Waals surface area (Å²) in [5, 5.41) is 6.59. The molecule has 1 rings (SSSR count). The minimum Gasteiger partial charge on any atom is -0.356 e. The van der Waals surface area contributed by atoms with Crippen LogP contribution in [0.2, 0.25) is 0 Å². The summed E-state index contributed by atoms with van der Waals surface area (Å²) in [6, 6.07) is 0. The van der Waals surface area contributed by atoms with Crippen molar-refractivity contribution in [2.75, 3.05) is 59.1 Å². The van der Waals surface area contributed by atoms with Crippen LogP contribution in [0.5, 0.6) is 0 Å². The molecule has 0 aliphatic carbocycles. The molecule has 8 heteroatoms. The van der Waals surface area contributed by atoms with E-state index in [-0.39, 0.29) is 0 Å². The maximum absolute atomic E-state index is 11.5. The summed E-state index contributed by atoms with van der Waals surface area (Å²) < 4.78 is 24.6. The van der Waals surface area contributed by atoms with Crippen LogP contribution in [0.3, 0.4) is 0 Å². The van der Waals surface area contributed by atoms with Crippen molar-refractivity contribution in [3.8, 4) is 0 Å². The number of nitrogens with zero attached hydrogens (tertiary/aromatic N) is 3. The normalized spacial score (nSPS) is 17.5. The molecule has 0 aromatic heterocycles. The number of guanidine groups is 1. The lowest BCUT2D eigenvalue weighted by molar-refractivity contribution is 0.282. The largest absolute Gasteiger partial charge is 0.356 e. The molecule has 0 saturated carbocycles. The summed E-state index contributed by atoms with van der Waals surface area (Å²) in [4.78, 5) is 6.79. The van der Waals surface area contributed by atoms with E-state index in [2.05, 4.69) is 20.5 Å². The molecule has 148 valence electrons. The molecule has 0 spiro atoms. The van der Waals surface area contributed by atoms with Crippen LogP contribution in [0.4, 0.5) is 0 Å². The second-order valence-corrected chi connectivity index (χ2v) is 8.63. The fourth-order valence-electron chi connectivity index (χ4n) is 3.11. The topological polar surface area (TPSA) is 77.0 Å². The second-order valence-electron chi connectivity index (χ2n) is 6.64. The highest BCUT2D eigenvalue weighted by Gasteiger charge is 2.13. The Kier molecular flexibility index (Phi) is 11.1. The van der Waals surface area contributed by atoms with Gasteiger partial charge in [0, 0.05) is 33.2 Å². The molecule has 1 aliphatic rings. The average molecular weight is 376 g/mol. The maximum atomic E-state index is 11.5. The molecule has 0 aromatic carbocycles. The van der Waals surface area contributed by atoms with Gasteiger partial charge in [0.2, 0.25) is 10.0 Å². The van der Waals surface area contributed by atoms with Crippen LogP contribution in [-0.4, -0.2) is 82.7 Å². The average Bonchev–Trinajstić information content (AvgIpc) is 2.84. The molecule has 2 N–H and O–H groups in total. The maximum Gasteiger partial charge on any atom is 0.211 e. The van der Waals surface area contributed by atoms with E-state index in [9.17, 15) is 8.42 Å². The third-order valence-electron chi connectivity index (χ3n) is 4.56. The molecule has 0 atom stereocenters. The monoisotopic (exact) mass is 375 g/mol. The number of nitrogens with one attached hydrogen (secondary N) is 2. The minimum atomic E-state index is -3.10. The first kappa shape index (κ1) is 22.2. The molecule has 0 bridgehead atoms. The van der Waals surface area contributed by atoms with Crippen molar-refractivity contribution in [1.82, 2.24) is 19.8 Å². The van der Waals surface area contributed by atoms with E-state index in [0.717, 1.165) is 31.9 Å².